The number of halogens is 2. The third kappa shape index (κ3) is 1.40. The SMILES string of the molecule is CCc1ccc(F)c(F)c1OC. The second-order valence-electron chi connectivity index (χ2n) is 2.41. The summed E-state index contributed by atoms with van der Waals surface area (Å²) in [6.07, 6.45) is 0.625. The molecular formula is C9H10F2O. The van der Waals surface area contributed by atoms with Gasteiger partial charge < -0.3 is 4.74 Å². The quantitative estimate of drug-likeness (QED) is 0.666. The summed E-state index contributed by atoms with van der Waals surface area (Å²) < 4.78 is 30.3. The smallest absolute Gasteiger partial charge is 0.200 e. The summed E-state index contributed by atoms with van der Waals surface area (Å²) in [6, 6.07) is 2.63. The van der Waals surface area contributed by atoms with E-state index in [1.807, 2.05) is 6.92 Å². The van der Waals surface area contributed by atoms with Crippen LogP contribution in [0, 0.1) is 11.6 Å². The van der Waals surface area contributed by atoms with Crippen molar-refractivity contribution in [1.82, 2.24) is 0 Å². The molecule has 0 aliphatic carbocycles. The molecule has 0 fully saturated rings. The molecular weight excluding hydrogens is 162 g/mol. The van der Waals surface area contributed by atoms with Crippen LogP contribution in [0.5, 0.6) is 5.75 Å². The van der Waals surface area contributed by atoms with E-state index in [2.05, 4.69) is 0 Å². The highest BCUT2D eigenvalue weighted by Gasteiger charge is 2.12. The second kappa shape index (κ2) is 3.52. The summed E-state index contributed by atoms with van der Waals surface area (Å²) in [5.74, 6) is -1.77. The molecule has 1 nitrogen and oxygen atoms in total. The van der Waals surface area contributed by atoms with Crippen molar-refractivity contribution in [3.63, 3.8) is 0 Å². The molecule has 0 aliphatic heterocycles. The van der Waals surface area contributed by atoms with Crippen LogP contribution in [-0.4, -0.2) is 7.11 Å². The molecule has 0 heterocycles. The van der Waals surface area contributed by atoms with Gasteiger partial charge >= 0.3 is 0 Å². The third-order valence-electron chi connectivity index (χ3n) is 1.72. The highest BCUT2D eigenvalue weighted by Crippen LogP contribution is 2.24. The van der Waals surface area contributed by atoms with Gasteiger partial charge in [0.05, 0.1) is 7.11 Å². The molecule has 0 amide bonds. The van der Waals surface area contributed by atoms with E-state index < -0.39 is 11.6 Å². The monoisotopic (exact) mass is 172 g/mol. The summed E-state index contributed by atoms with van der Waals surface area (Å²) in [6.45, 7) is 1.86. The van der Waals surface area contributed by atoms with E-state index in [1.54, 1.807) is 0 Å². The zero-order chi connectivity index (χ0) is 9.14. The minimum Gasteiger partial charge on any atom is -0.493 e. The van der Waals surface area contributed by atoms with Crippen LogP contribution in [0.1, 0.15) is 12.5 Å². The summed E-state index contributed by atoms with van der Waals surface area (Å²) >= 11 is 0. The fraction of sp³-hybridized carbons (Fsp3) is 0.333. The van der Waals surface area contributed by atoms with E-state index in [0.29, 0.717) is 12.0 Å². The Kier molecular flexibility index (Phi) is 2.63. The minimum atomic E-state index is -0.906. The average Bonchev–Trinajstić information content (AvgIpc) is 2.09. The predicted molar refractivity (Wildman–Crippen MR) is 42.3 cm³/mol. The van der Waals surface area contributed by atoms with Gasteiger partial charge in [0.1, 0.15) is 0 Å². The fourth-order valence-corrected chi connectivity index (χ4v) is 1.07. The molecule has 0 atom stereocenters. The van der Waals surface area contributed by atoms with Crippen LogP contribution in [0.3, 0.4) is 0 Å². The number of aryl methyl sites for hydroxylation is 1. The Morgan fingerprint density at radius 3 is 2.50 bits per heavy atom. The number of ether oxygens (including phenoxy) is 1. The van der Waals surface area contributed by atoms with Crippen molar-refractivity contribution in [2.24, 2.45) is 0 Å². The van der Waals surface area contributed by atoms with E-state index in [0.717, 1.165) is 6.07 Å². The first kappa shape index (κ1) is 8.97. The zero-order valence-electron chi connectivity index (χ0n) is 7.03. The number of hydrogen-bond acceptors (Lipinski definition) is 1. The Morgan fingerprint density at radius 2 is 2.00 bits per heavy atom. The van der Waals surface area contributed by atoms with Crippen molar-refractivity contribution < 1.29 is 13.5 Å². The normalized spacial score (nSPS) is 10.0. The van der Waals surface area contributed by atoms with Crippen molar-refractivity contribution in [1.29, 1.82) is 0 Å². The van der Waals surface area contributed by atoms with Crippen LogP contribution < -0.4 is 4.74 Å². The van der Waals surface area contributed by atoms with Crippen molar-refractivity contribution in [3.8, 4) is 5.75 Å². The molecule has 0 unspecified atom stereocenters. The highest BCUT2D eigenvalue weighted by molar-refractivity contribution is 5.35. The Bertz CT molecular complexity index is 284. The third-order valence-corrected chi connectivity index (χ3v) is 1.72. The largest absolute Gasteiger partial charge is 0.493 e. The van der Waals surface area contributed by atoms with Crippen LogP contribution >= 0.6 is 0 Å². The van der Waals surface area contributed by atoms with Crippen LogP contribution in [0.2, 0.25) is 0 Å². The molecule has 0 spiro atoms. The number of rotatable bonds is 2. The van der Waals surface area contributed by atoms with Gasteiger partial charge in [-0.05, 0) is 18.1 Å². The van der Waals surface area contributed by atoms with Crippen LogP contribution in [0.4, 0.5) is 8.78 Å². The zero-order valence-corrected chi connectivity index (χ0v) is 7.03. The van der Waals surface area contributed by atoms with Gasteiger partial charge in [-0.3, -0.25) is 0 Å². The van der Waals surface area contributed by atoms with Gasteiger partial charge in [-0.25, -0.2) is 4.39 Å². The minimum absolute atomic E-state index is 0.0116. The molecule has 3 heteroatoms. The summed E-state index contributed by atoms with van der Waals surface area (Å²) in [5.41, 5.74) is 0.677. The highest BCUT2D eigenvalue weighted by atomic mass is 19.2. The van der Waals surface area contributed by atoms with Gasteiger partial charge in [0.15, 0.2) is 11.6 Å². The lowest BCUT2D eigenvalue weighted by Gasteiger charge is -2.07. The lowest BCUT2D eigenvalue weighted by atomic mass is 10.1. The molecule has 0 radical (unpaired) electrons. The molecule has 66 valence electrons. The van der Waals surface area contributed by atoms with E-state index in [-0.39, 0.29) is 5.75 Å². The van der Waals surface area contributed by atoms with E-state index in [4.69, 9.17) is 4.74 Å². The Labute approximate surface area is 70.0 Å². The van der Waals surface area contributed by atoms with Crippen molar-refractivity contribution in [2.45, 2.75) is 13.3 Å². The fourth-order valence-electron chi connectivity index (χ4n) is 1.07. The van der Waals surface area contributed by atoms with Gasteiger partial charge in [-0.1, -0.05) is 13.0 Å². The summed E-state index contributed by atoms with van der Waals surface area (Å²) in [4.78, 5) is 0. The Morgan fingerprint density at radius 1 is 1.33 bits per heavy atom. The Hall–Kier alpha value is -1.12. The number of benzene rings is 1. The lowest BCUT2D eigenvalue weighted by Crippen LogP contribution is -1.96. The second-order valence-corrected chi connectivity index (χ2v) is 2.41. The van der Waals surface area contributed by atoms with Gasteiger partial charge in [0.2, 0.25) is 5.82 Å². The molecule has 12 heavy (non-hydrogen) atoms. The Balaban J connectivity index is 3.25. The molecule has 1 rings (SSSR count). The lowest BCUT2D eigenvalue weighted by molar-refractivity contribution is 0.367. The topological polar surface area (TPSA) is 9.23 Å². The predicted octanol–water partition coefficient (Wildman–Crippen LogP) is 2.54. The first-order chi connectivity index (χ1) is 5.70. The number of hydrogen-bond donors (Lipinski definition) is 0. The van der Waals surface area contributed by atoms with Gasteiger partial charge in [-0.2, -0.15) is 4.39 Å². The van der Waals surface area contributed by atoms with Crippen LogP contribution in [0.25, 0.3) is 0 Å². The molecule has 0 bridgehead atoms. The van der Waals surface area contributed by atoms with Crippen LogP contribution in [-0.2, 0) is 6.42 Å². The molecule has 1 aromatic carbocycles. The maximum absolute atomic E-state index is 12.9. The average molecular weight is 172 g/mol. The molecule has 1 aromatic rings. The summed E-state index contributed by atoms with van der Waals surface area (Å²) in [7, 11) is 1.33. The number of methoxy groups -OCH3 is 1. The standard InChI is InChI=1S/C9H10F2O/c1-3-6-4-5-7(10)8(11)9(6)12-2/h4-5H,3H2,1-2H3. The van der Waals surface area contributed by atoms with Gasteiger partial charge in [-0.15, -0.1) is 0 Å². The molecule has 0 saturated carbocycles. The van der Waals surface area contributed by atoms with Gasteiger partial charge in [0, 0.05) is 0 Å². The maximum Gasteiger partial charge on any atom is 0.200 e. The van der Waals surface area contributed by atoms with Crippen LogP contribution in [0.15, 0.2) is 12.1 Å². The van der Waals surface area contributed by atoms with Crippen molar-refractivity contribution >= 4 is 0 Å². The van der Waals surface area contributed by atoms with Crippen molar-refractivity contribution in [3.05, 3.63) is 29.3 Å². The van der Waals surface area contributed by atoms with E-state index in [1.165, 1.54) is 13.2 Å². The molecule has 0 saturated heterocycles. The molecule has 0 aromatic heterocycles. The maximum atomic E-state index is 12.9. The molecule has 0 aliphatic rings. The first-order valence-corrected chi connectivity index (χ1v) is 3.71. The summed E-state index contributed by atoms with van der Waals surface area (Å²) in [5, 5.41) is 0. The first-order valence-electron chi connectivity index (χ1n) is 3.71. The molecule has 0 N–H and O–H groups in total. The van der Waals surface area contributed by atoms with E-state index in [9.17, 15) is 8.78 Å². The van der Waals surface area contributed by atoms with E-state index >= 15 is 0 Å². The van der Waals surface area contributed by atoms with Crippen molar-refractivity contribution in [2.75, 3.05) is 7.11 Å². The van der Waals surface area contributed by atoms with Gasteiger partial charge in [0.25, 0.3) is 0 Å².